The number of pyridine rings is 1. The van der Waals surface area contributed by atoms with E-state index in [1.807, 2.05) is 6.07 Å². The molecule has 6 nitrogen and oxygen atoms in total. The maximum atomic E-state index is 13.3. The van der Waals surface area contributed by atoms with Gasteiger partial charge in [-0.15, -0.1) is 4.72 Å². The molecule has 1 aromatic carbocycles. The molecule has 1 aromatic heterocycles. The Morgan fingerprint density at radius 2 is 1.82 bits per heavy atom. The van der Waals surface area contributed by atoms with Gasteiger partial charge in [0.2, 0.25) is 0 Å². The molecule has 0 saturated carbocycles. The van der Waals surface area contributed by atoms with Gasteiger partial charge in [0.1, 0.15) is 5.56 Å². The monoisotopic (exact) mass is 508 g/mol. The highest BCUT2D eigenvalue weighted by Crippen LogP contribution is 2.38. The number of carbonyl (C=O) groups is 1. The first-order valence-electron chi connectivity index (χ1n) is 10.3. The number of alkyl halides is 6. The third kappa shape index (κ3) is 7.00. The van der Waals surface area contributed by atoms with Crippen molar-refractivity contribution in [3.63, 3.8) is 0 Å². The molecule has 0 radical (unpaired) electrons. The number of piperidine rings is 1. The maximum absolute atomic E-state index is 13.3. The van der Waals surface area contributed by atoms with Crippen molar-refractivity contribution in [2.75, 3.05) is 19.6 Å². The Kier molecular flexibility index (Phi) is 8.31. The quantitative estimate of drug-likeness (QED) is 0.454. The number of likely N-dealkylation sites (tertiary alicyclic amines) is 1. The summed E-state index contributed by atoms with van der Waals surface area (Å²) in [4.78, 5) is 16.9. The second-order valence-electron chi connectivity index (χ2n) is 7.70. The molecule has 1 aliphatic rings. The number of hydrogen-bond donors (Lipinski definition) is 2. The van der Waals surface area contributed by atoms with Crippen LogP contribution < -0.4 is 10.0 Å². The normalized spacial score (nSPS) is 16.4. The van der Waals surface area contributed by atoms with E-state index < -0.39 is 45.8 Å². The maximum Gasteiger partial charge on any atom is 0.421 e. The number of halogens is 6. The molecule has 1 aliphatic heterocycles. The first-order chi connectivity index (χ1) is 15.9. The number of carbonyl (C=O) groups excluding carboxylic acids is 1. The van der Waals surface area contributed by atoms with Gasteiger partial charge in [-0.2, -0.15) is 26.3 Å². The van der Waals surface area contributed by atoms with E-state index >= 15 is 0 Å². The lowest BCUT2D eigenvalue weighted by atomic mass is 10.1. The van der Waals surface area contributed by atoms with Crippen molar-refractivity contribution in [1.29, 1.82) is 0 Å². The molecule has 1 saturated heterocycles. The Labute approximate surface area is 195 Å². The average Bonchev–Trinajstić information content (AvgIpc) is 2.78. The van der Waals surface area contributed by atoms with Gasteiger partial charge in [-0.05, 0) is 43.0 Å². The van der Waals surface area contributed by atoms with Crippen molar-refractivity contribution >= 4 is 17.4 Å². The molecule has 2 heterocycles. The van der Waals surface area contributed by atoms with Crippen LogP contribution in [0.4, 0.5) is 31.1 Å². The van der Waals surface area contributed by atoms with Crippen LogP contribution in [0.1, 0.15) is 29.5 Å². The van der Waals surface area contributed by atoms with Crippen molar-refractivity contribution < 1.29 is 35.7 Å². The second kappa shape index (κ2) is 10.8. The van der Waals surface area contributed by atoms with Crippen LogP contribution in [0.5, 0.6) is 0 Å². The zero-order valence-electron chi connectivity index (χ0n) is 17.7. The molecule has 34 heavy (non-hydrogen) atoms. The molecule has 0 bridgehead atoms. The van der Waals surface area contributed by atoms with Gasteiger partial charge < -0.3 is 14.8 Å². The lowest BCUT2D eigenvalue weighted by Gasteiger charge is -2.32. The van der Waals surface area contributed by atoms with E-state index in [0.29, 0.717) is 19.0 Å². The molecular weight excluding hydrogens is 486 g/mol. The third-order valence-corrected chi connectivity index (χ3v) is 6.57. The third-order valence-electron chi connectivity index (χ3n) is 5.28. The molecule has 2 N–H and O–H groups in total. The highest BCUT2D eigenvalue weighted by Gasteiger charge is 2.41. The van der Waals surface area contributed by atoms with E-state index in [9.17, 15) is 35.7 Å². The molecule has 1 fully saturated rings. The van der Waals surface area contributed by atoms with E-state index in [1.165, 1.54) is 4.90 Å². The number of amides is 2. The summed E-state index contributed by atoms with van der Waals surface area (Å²) < 4.78 is 93.8. The molecule has 1 unspecified atom stereocenters. The highest BCUT2D eigenvalue weighted by atomic mass is 32.2. The first-order valence-corrected chi connectivity index (χ1v) is 11.5. The van der Waals surface area contributed by atoms with Gasteiger partial charge in [0.05, 0.1) is 23.0 Å². The van der Waals surface area contributed by atoms with Crippen molar-refractivity contribution in [2.45, 2.75) is 42.6 Å². The fourth-order valence-corrected chi connectivity index (χ4v) is 4.76. The van der Waals surface area contributed by atoms with Gasteiger partial charge in [-0.3, -0.25) is 4.98 Å². The van der Waals surface area contributed by atoms with E-state index in [2.05, 4.69) is 15.0 Å². The highest BCUT2D eigenvalue weighted by molar-refractivity contribution is 7.89. The zero-order chi connectivity index (χ0) is 24.9. The molecule has 0 spiro atoms. The number of nitrogens with zero attached hydrogens (tertiary/aromatic N) is 2. The van der Waals surface area contributed by atoms with Crippen molar-refractivity contribution in [1.82, 2.24) is 19.9 Å². The van der Waals surface area contributed by atoms with Crippen molar-refractivity contribution in [3.8, 4) is 0 Å². The number of aromatic nitrogens is 1. The van der Waals surface area contributed by atoms with Crippen LogP contribution in [0, 0.1) is 0 Å². The van der Waals surface area contributed by atoms with Crippen LogP contribution in [0.15, 0.2) is 47.6 Å². The molecule has 0 aliphatic carbocycles. The van der Waals surface area contributed by atoms with E-state index in [0.717, 1.165) is 5.56 Å². The van der Waals surface area contributed by atoms with E-state index in [-0.39, 0.29) is 44.1 Å². The summed E-state index contributed by atoms with van der Waals surface area (Å²) in [5.74, 6) is 0. The Morgan fingerprint density at radius 1 is 1.12 bits per heavy atom. The van der Waals surface area contributed by atoms with Crippen LogP contribution >= 0.6 is 0 Å². The minimum atomic E-state index is -4.96. The SMILES string of the molecule is O=C(NCCc1cccnc1)N1CCC(N[S+]([O-])c2cc(C(F)(F)F)ccc2C(F)(F)F)CC1. The first kappa shape index (κ1) is 26.1. The second-order valence-corrected chi connectivity index (χ2v) is 8.91. The summed E-state index contributed by atoms with van der Waals surface area (Å²) in [7, 11) is 0. The molecule has 1 atom stereocenters. The number of benzene rings is 1. The zero-order valence-corrected chi connectivity index (χ0v) is 18.6. The van der Waals surface area contributed by atoms with Crippen molar-refractivity contribution in [3.05, 3.63) is 59.4 Å². The smallest absolute Gasteiger partial charge is 0.421 e. The van der Waals surface area contributed by atoms with Gasteiger partial charge in [0, 0.05) is 38.1 Å². The van der Waals surface area contributed by atoms with Gasteiger partial charge in [-0.25, -0.2) is 4.79 Å². The molecule has 2 aromatic rings. The van der Waals surface area contributed by atoms with Gasteiger partial charge >= 0.3 is 18.4 Å². The lowest BCUT2D eigenvalue weighted by molar-refractivity contribution is -0.143. The predicted octanol–water partition coefficient (Wildman–Crippen LogP) is 4.15. The summed E-state index contributed by atoms with van der Waals surface area (Å²) >= 11 is -2.53. The van der Waals surface area contributed by atoms with E-state index in [1.54, 1.807) is 18.5 Å². The molecule has 2 amide bonds. The summed E-state index contributed by atoms with van der Waals surface area (Å²) in [5.41, 5.74) is -1.75. The summed E-state index contributed by atoms with van der Waals surface area (Å²) in [6.45, 7) is 0.896. The Hall–Kier alpha value is -2.51. The van der Waals surface area contributed by atoms with Crippen LogP contribution in [-0.2, 0) is 30.1 Å². The summed E-state index contributed by atoms with van der Waals surface area (Å²) in [6.07, 6.45) is -5.35. The Bertz CT molecular complexity index is 966. The minimum Gasteiger partial charge on any atom is -0.593 e. The molecule has 3 rings (SSSR count). The fraction of sp³-hybridized carbons (Fsp3) is 0.429. The average molecular weight is 508 g/mol. The van der Waals surface area contributed by atoms with Crippen molar-refractivity contribution in [2.24, 2.45) is 0 Å². The van der Waals surface area contributed by atoms with Crippen LogP contribution in [0.2, 0.25) is 0 Å². The number of urea groups is 1. The van der Waals surface area contributed by atoms with Gasteiger partial charge in [0.15, 0.2) is 4.90 Å². The van der Waals surface area contributed by atoms with Crippen LogP contribution in [0.3, 0.4) is 0 Å². The number of nitrogens with one attached hydrogen (secondary N) is 2. The molecular formula is C21H22F6N4O2S. The topological polar surface area (TPSA) is 80.3 Å². The molecule has 186 valence electrons. The lowest BCUT2D eigenvalue weighted by Crippen LogP contribution is -2.49. The predicted molar refractivity (Wildman–Crippen MR) is 112 cm³/mol. The number of hydrogen-bond acceptors (Lipinski definition) is 4. The van der Waals surface area contributed by atoms with Gasteiger partial charge in [0.25, 0.3) is 0 Å². The van der Waals surface area contributed by atoms with Gasteiger partial charge in [-0.1, -0.05) is 6.07 Å². The molecule has 13 heteroatoms. The minimum absolute atomic E-state index is 0.252. The fourth-order valence-electron chi connectivity index (χ4n) is 3.47. The van der Waals surface area contributed by atoms with Crippen LogP contribution in [-0.4, -0.2) is 46.1 Å². The number of rotatable bonds is 6. The standard InChI is InChI=1S/C21H22F6N4O2S/c22-20(23,24)15-3-4-17(21(25,26)27)18(12-15)34(33)30-16-6-10-31(11-7-16)19(32)29-9-5-14-2-1-8-28-13-14/h1-4,8,12-13,16,30H,5-7,9-11H2,(H,29,32). The summed E-state index contributed by atoms with van der Waals surface area (Å²) in [6, 6.07) is 3.69. The van der Waals surface area contributed by atoms with Crippen LogP contribution in [0.25, 0.3) is 0 Å². The Balaban J connectivity index is 1.55. The van der Waals surface area contributed by atoms with E-state index in [4.69, 9.17) is 0 Å². The largest absolute Gasteiger partial charge is 0.593 e. The summed E-state index contributed by atoms with van der Waals surface area (Å²) in [5, 5.41) is 2.77. The Morgan fingerprint density at radius 3 is 2.41 bits per heavy atom.